The van der Waals surface area contributed by atoms with Gasteiger partial charge in [-0.05, 0) is 30.5 Å². The van der Waals surface area contributed by atoms with E-state index >= 15 is 0 Å². The zero-order valence-corrected chi connectivity index (χ0v) is 8.17. The van der Waals surface area contributed by atoms with Crippen molar-refractivity contribution in [2.75, 3.05) is 0 Å². The van der Waals surface area contributed by atoms with Gasteiger partial charge in [-0.15, -0.1) is 6.58 Å². The minimum Gasteiger partial charge on any atom is -0.392 e. The molecule has 0 aliphatic carbocycles. The maximum Gasteiger partial charge on any atom is 0.0614 e. The highest BCUT2D eigenvalue weighted by molar-refractivity contribution is 6.30. The standard InChI is InChI=1S/C11H13ClO/c1-2-4-11(13)8-9-5-3-6-10(12)7-9/h2-3,5-7,11,13H,1,4,8H2/t11-/m1/s1. The fourth-order valence-electron chi connectivity index (χ4n) is 1.21. The number of halogens is 1. The van der Waals surface area contributed by atoms with E-state index in [1.807, 2.05) is 24.3 Å². The van der Waals surface area contributed by atoms with Gasteiger partial charge in [0.25, 0.3) is 0 Å². The highest BCUT2D eigenvalue weighted by Crippen LogP contribution is 2.13. The van der Waals surface area contributed by atoms with Crippen LogP contribution in [0.15, 0.2) is 36.9 Å². The summed E-state index contributed by atoms with van der Waals surface area (Å²) in [5.41, 5.74) is 1.06. The molecule has 1 nitrogen and oxygen atoms in total. The molecule has 0 aromatic heterocycles. The van der Waals surface area contributed by atoms with E-state index in [9.17, 15) is 5.11 Å². The first-order valence-corrected chi connectivity index (χ1v) is 4.63. The molecule has 1 aromatic rings. The second-order valence-corrected chi connectivity index (χ2v) is 3.45. The smallest absolute Gasteiger partial charge is 0.0614 e. The third-order valence-corrected chi connectivity index (χ3v) is 2.03. The highest BCUT2D eigenvalue weighted by Gasteiger charge is 2.03. The maximum atomic E-state index is 9.48. The number of hydrogen-bond acceptors (Lipinski definition) is 1. The molecule has 0 saturated carbocycles. The van der Waals surface area contributed by atoms with Crippen molar-refractivity contribution >= 4 is 11.6 Å². The van der Waals surface area contributed by atoms with Gasteiger partial charge in [0.2, 0.25) is 0 Å². The summed E-state index contributed by atoms with van der Waals surface area (Å²) in [5, 5.41) is 10.2. The molecule has 0 amide bonds. The average Bonchev–Trinajstić information content (AvgIpc) is 2.04. The summed E-state index contributed by atoms with van der Waals surface area (Å²) in [5.74, 6) is 0. The predicted molar refractivity (Wildman–Crippen MR) is 56.0 cm³/mol. The van der Waals surface area contributed by atoms with Gasteiger partial charge in [0.05, 0.1) is 6.10 Å². The summed E-state index contributed by atoms with van der Waals surface area (Å²) in [4.78, 5) is 0. The lowest BCUT2D eigenvalue weighted by molar-refractivity contribution is 0.178. The van der Waals surface area contributed by atoms with E-state index in [1.165, 1.54) is 0 Å². The summed E-state index contributed by atoms with van der Waals surface area (Å²) in [6.45, 7) is 3.57. The van der Waals surface area contributed by atoms with Crippen LogP contribution in [0.5, 0.6) is 0 Å². The van der Waals surface area contributed by atoms with E-state index in [4.69, 9.17) is 11.6 Å². The minimum absolute atomic E-state index is 0.351. The largest absolute Gasteiger partial charge is 0.392 e. The lowest BCUT2D eigenvalue weighted by atomic mass is 10.1. The van der Waals surface area contributed by atoms with Crippen LogP contribution in [0.1, 0.15) is 12.0 Å². The molecule has 0 bridgehead atoms. The number of hydrogen-bond donors (Lipinski definition) is 1. The first-order chi connectivity index (χ1) is 6.22. The molecule has 0 saturated heterocycles. The van der Waals surface area contributed by atoms with E-state index in [-0.39, 0.29) is 6.10 Å². The lowest BCUT2D eigenvalue weighted by Gasteiger charge is -2.07. The zero-order chi connectivity index (χ0) is 9.68. The van der Waals surface area contributed by atoms with Crippen LogP contribution in [0, 0.1) is 0 Å². The molecule has 0 aliphatic rings. The molecule has 1 aromatic carbocycles. The molecule has 0 fully saturated rings. The first-order valence-electron chi connectivity index (χ1n) is 4.26. The Morgan fingerprint density at radius 2 is 2.31 bits per heavy atom. The van der Waals surface area contributed by atoms with E-state index < -0.39 is 0 Å². The number of benzene rings is 1. The first kappa shape index (κ1) is 10.3. The van der Waals surface area contributed by atoms with Gasteiger partial charge in [-0.3, -0.25) is 0 Å². The predicted octanol–water partition coefficient (Wildman–Crippen LogP) is 2.82. The van der Waals surface area contributed by atoms with E-state index in [1.54, 1.807) is 6.08 Å². The van der Waals surface area contributed by atoms with Gasteiger partial charge in [0.1, 0.15) is 0 Å². The molecule has 1 rings (SSSR count). The Hall–Kier alpha value is -0.790. The second kappa shape index (κ2) is 5.05. The van der Waals surface area contributed by atoms with Gasteiger partial charge in [-0.25, -0.2) is 0 Å². The highest BCUT2D eigenvalue weighted by atomic mass is 35.5. The normalized spacial score (nSPS) is 12.5. The van der Waals surface area contributed by atoms with Crippen molar-refractivity contribution in [3.8, 4) is 0 Å². The molecular formula is C11H13ClO. The molecule has 0 aliphatic heterocycles. The van der Waals surface area contributed by atoms with Crippen molar-refractivity contribution < 1.29 is 5.11 Å². The van der Waals surface area contributed by atoms with Gasteiger partial charge in [0, 0.05) is 5.02 Å². The van der Waals surface area contributed by atoms with Gasteiger partial charge in [-0.1, -0.05) is 29.8 Å². The van der Waals surface area contributed by atoms with Gasteiger partial charge in [0.15, 0.2) is 0 Å². The zero-order valence-electron chi connectivity index (χ0n) is 7.41. The van der Waals surface area contributed by atoms with Gasteiger partial charge in [-0.2, -0.15) is 0 Å². The van der Waals surface area contributed by atoms with Crippen LogP contribution in [0.3, 0.4) is 0 Å². The molecule has 0 heterocycles. The van der Waals surface area contributed by atoms with Crippen LogP contribution in [0.25, 0.3) is 0 Å². The van der Waals surface area contributed by atoms with Crippen molar-refractivity contribution in [1.29, 1.82) is 0 Å². The summed E-state index contributed by atoms with van der Waals surface area (Å²) in [6, 6.07) is 7.54. The van der Waals surface area contributed by atoms with Gasteiger partial charge < -0.3 is 5.11 Å². The molecule has 0 spiro atoms. The summed E-state index contributed by atoms with van der Waals surface area (Å²) < 4.78 is 0. The van der Waals surface area contributed by atoms with E-state index in [0.29, 0.717) is 17.9 Å². The fraction of sp³-hybridized carbons (Fsp3) is 0.273. The molecule has 2 heteroatoms. The van der Waals surface area contributed by atoms with Crippen molar-refractivity contribution in [2.45, 2.75) is 18.9 Å². The van der Waals surface area contributed by atoms with Crippen LogP contribution < -0.4 is 0 Å². The Morgan fingerprint density at radius 3 is 2.92 bits per heavy atom. The number of aliphatic hydroxyl groups excluding tert-OH is 1. The van der Waals surface area contributed by atoms with Crippen LogP contribution in [0.4, 0.5) is 0 Å². The molecule has 0 unspecified atom stereocenters. The Bertz CT molecular complexity index is 283. The Morgan fingerprint density at radius 1 is 1.54 bits per heavy atom. The fourth-order valence-corrected chi connectivity index (χ4v) is 1.42. The summed E-state index contributed by atoms with van der Waals surface area (Å²) >= 11 is 5.80. The Balaban J connectivity index is 2.58. The minimum atomic E-state index is -0.351. The van der Waals surface area contributed by atoms with Crippen LogP contribution in [-0.2, 0) is 6.42 Å². The topological polar surface area (TPSA) is 20.2 Å². The third-order valence-electron chi connectivity index (χ3n) is 1.80. The SMILES string of the molecule is C=CC[C@@H](O)Cc1cccc(Cl)c1. The van der Waals surface area contributed by atoms with Gasteiger partial charge >= 0.3 is 0 Å². The van der Waals surface area contributed by atoms with E-state index in [0.717, 1.165) is 5.56 Å². The lowest BCUT2D eigenvalue weighted by Crippen LogP contribution is -2.08. The monoisotopic (exact) mass is 196 g/mol. The second-order valence-electron chi connectivity index (χ2n) is 3.01. The quantitative estimate of drug-likeness (QED) is 0.735. The van der Waals surface area contributed by atoms with Crippen LogP contribution >= 0.6 is 11.6 Å². The Labute approximate surface area is 83.7 Å². The van der Waals surface area contributed by atoms with Crippen LogP contribution in [0.2, 0.25) is 5.02 Å². The summed E-state index contributed by atoms with van der Waals surface area (Å²) in [7, 11) is 0. The molecule has 13 heavy (non-hydrogen) atoms. The molecule has 0 radical (unpaired) electrons. The Kier molecular flexibility index (Phi) is 4.00. The molecule has 1 atom stereocenters. The average molecular weight is 197 g/mol. The van der Waals surface area contributed by atoms with Crippen molar-refractivity contribution in [2.24, 2.45) is 0 Å². The number of aliphatic hydroxyl groups is 1. The maximum absolute atomic E-state index is 9.48. The molecule has 1 N–H and O–H groups in total. The van der Waals surface area contributed by atoms with Crippen LogP contribution in [-0.4, -0.2) is 11.2 Å². The number of rotatable bonds is 4. The molecule has 70 valence electrons. The molecular weight excluding hydrogens is 184 g/mol. The van der Waals surface area contributed by atoms with E-state index in [2.05, 4.69) is 6.58 Å². The summed E-state index contributed by atoms with van der Waals surface area (Å²) in [6.07, 6.45) is 2.62. The van der Waals surface area contributed by atoms with Crippen molar-refractivity contribution in [3.63, 3.8) is 0 Å². The van der Waals surface area contributed by atoms with Crippen molar-refractivity contribution in [3.05, 3.63) is 47.5 Å². The van der Waals surface area contributed by atoms with Crippen molar-refractivity contribution in [1.82, 2.24) is 0 Å². The third kappa shape index (κ3) is 3.62.